The molecule has 25 heavy (non-hydrogen) atoms. The van der Waals surface area contributed by atoms with Gasteiger partial charge in [-0.25, -0.2) is 9.18 Å². The van der Waals surface area contributed by atoms with E-state index in [9.17, 15) is 14.0 Å². The number of halogens is 1. The highest BCUT2D eigenvalue weighted by Gasteiger charge is 2.24. The van der Waals surface area contributed by atoms with Crippen molar-refractivity contribution in [2.24, 2.45) is 0 Å². The van der Waals surface area contributed by atoms with Gasteiger partial charge in [0.2, 0.25) is 0 Å². The van der Waals surface area contributed by atoms with E-state index in [1.807, 2.05) is 0 Å². The highest BCUT2D eigenvalue weighted by Crippen LogP contribution is 2.20. The Balaban J connectivity index is 2.00. The fourth-order valence-electron chi connectivity index (χ4n) is 2.50. The first-order valence-electron chi connectivity index (χ1n) is 7.76. The molecule has 1 aromatic carbocycles. The first-order chi connectivity index (χ1) is 11.8. The van der Waals surface area contributed by atoms with Crippen LogP contribution in [0.25, 0.3) is 0 Å². The predicted molar refractivity (Wildman–Crippen MR) is 90.5 cm³/mol. The number of carbonyl (C=O) groups excluding carboxylic acids is 2. The van der Waals surface area contributed by atoms with Crippen LogP contribution < -0.4 is 4.74 Å². The molecule has 0 aliphatic rings. The van der Waals surface area contributed by atoms with E-state index in [2.05, 4.69) is 4.98 Å². The summed E-state index contributed by atoms with van der Waals surface area (Å²) < 4.78 is 23.1. The number of hydrogen-bond acceptors (Lipinski definition) is 4. The van der Waals surface area contributed by atoms with Gasteiger partial charge in [-0.05, 0) is 43.7 Å². The molecule has 0 atom stereocenters. The molecule has 0 unspecified atom stereocenters. The Morgan fingerprint density at radius 2 is 1.84 bits per heavy atom. The second-order valence-electron chi connectivity index (χ2n) is 5.65. The molecule has 0 fully saturated rings. The molecule has 1 aromatic heterocycles. The van der Waals surface area contributed by atoms with Crippen LogP contribution in [0.1, 0.15) is 32.1 Å². The van der Waals surface area contributed by atoms with Crippen LogP contribution in [0.2, 0.25) is 0 Å². The third-order valence-electron chi connectivity index (χ3n) is 3.90. The first-order valence-corrected chi connectivity index (χ1v) is 7.76. The van der Waals surface area contributed by atoms with Gasteiger partial charge in [0.1, 0.15) is 23.9 Å². The zero-order chi connectivity index (χ0) is 18.6. The van der Waals surface area contributed by atoms with Gasteiger partial charge in [-0.3, -0.25) is 4.79 Å². The molecule has 0 radical (unpaired) electrons. The third kappa shape index (κ3) is 4.17. The molecule has 134 valence electrons. The van der Waals surface area contributed by atoms with E-state index < -0.39 is 5.97 Å². The summed E-state index contributed by atoms with van der Waals surface area (Å²) in [5.41, 5.74) is 1.87. The summed E-state index contributed by atoms with van der Waals surface area (Å²) in [6.45, 7) is 4.01. The quantitative estimate of drug-likeness (QED) is 0.815. The van der Waals surface area contributed by atoms with Crippen molar-refractivity contribution in [3.63, 3.8) is 0 Å². The van der Waals surface area contributed by atoms with Crippen molar-refractivity contribution in [3.05, 3.63) is 52.6 Å². The number of esters is 1. The maximum atomic E-state index is 12.8. The number of aromatic nitrogens is 1. The van der Waals surface area contributed by atoms with Gasteiger partial charge in [-0.1, -0.05) is 0 Å². The lowest BCUT2D eigenvalue weighted by molar-refractivity contribution is 0.0599. The Morgan fingerprint density at radius 1 is 1.20 bits per heavy atom. The maximum absolute atomic E-state index is 12.8. The zero-order valence-corrected chi connectivity index (χ0v) is 14.7. The van der Waals surface area contributed by atoms with E-state index in [1.165, 1.54) is 36.3 Å². The molecule has 1 amide bonds. The van der Waals surface area contributed by atoms with Crippen LogP contribution in [0.5, 0.6) is 5.75 Å². The van der Waals surface area contributed by atoms with Crippen LogP contribution in [0.15, 0.2) is 24.3 Å². The smallest absolute Gasteiger partial charge is 0.339 e. The molecular formula is C18H21FN2O4. The third-order valence-corrected chi connectivity index (χ3v) is 3.90. The van der Waals surface area contributed by atoms with Gasteiger partial charge in [0.15, 0.2) is 0 Å². The number of likely N-dealkylation sites (N-methyl/N-ethyl adjacent to an activating group) is 1. The maximum Gasteiger partial charge on any atom is 0.339 e. The largest absolute Gasteiger partial charge is 0.492 e. The van der Waals surface area contributed by atoms with Gasteiger partial charge in [0.25, 0.3) is 5.91 Å². The highest BCUT2D eigenvalue weighted by molar-refractivity contribution is 6.00. The first kappa shape index (κ1) is 18.5. The van der Waals surface area contributed by atoms with Crippen molar-refractivity contribution >= 4 is 11.9 Å². The molecule has 0 bridgehead atoms. The normalized spacial score (nSPS) is 10.4. The number of hydrogen-bond donors (Lipinski definition) is 1. The summed E-state index contributed by atoms with van der Waals surface area (Å²) in [5, 5.41) is 0. The number of aryl methyl sites for hydroxylation is 1. The molecule has 1 N–H and O–H groups in total. The average Bonchev–Trinajstić information content (AvgIpc) is 2.89. The lowest BCUT2D eigenvalue weighted by atomic mass is 10.1. The number of ether oxygens (including phenoxy) is 2. The van der Waals surface area contributed by atoms with Gasteiger partial charge in [-0.15, -0.1) is 0 Å². The van der Waals surface area contributed by atoms with Crippen LogP contribution in [-0.4, -0.2) is 49.1 Å². The molecule has 0 saturated heterocycles. The van der Waals surface area contributed by atoms with Crippen LogP contribution in [0.4, 0.5) is 4.39 Å². The number of benzene rings is 1. The van der Waals surface area contributed by atoms with Gasteiger partial charge in [0.05, 0.1) is 19.2 Å². The van der Waals surface area contributed by atoms with Crippen LogP contribution in [-0.2, 0) is 4.74 Å². The van der Waals surface area contributed by atoms with Crippen molar-refractivity contribution in [3.8, 4) is 5.75 Å². The van der Waals surface area contributed by atoms with Crippen molar-refractivity contribution in [1.29, 1.82) is 0 Å². The molecule has 0 spiro atoms. The fourth-order valence-corrected chi connectivity index (χ4v) is 2.50. The number of H-pyrrole nitrogens is 1. The minimum absolute atomic E-state index is 0.251. The summed E-state index contributed by atoms with van der Waals surface area (Å²) in [6, 6.07) is 5.67. The van der Waals surface area contributed by atoms with Crippen molar-refractivity contribution in [1.82, 2.24) is 9.88 Å². The molecule has 0 aliphatic carbocycles. The second-order valence-corrected chi connectivity index (χ2v) is 5.65. The lowest BCUT2D eigenvalue weighted by Crippen LogP contribution is -2.31. The highest BCUT2D eigenvalue weighted by atomic mass is 19.1. The Morgan fingerprint density at radius 3 is 2.44 bits per heavy atom. The minimum Gasteiger partial charge on any atom is -0.492 e. The second kappa shape index (κ2) is 7.83. The SMILES string of the molecule is COC(=O)c1c(C)[nH]c(C(=O)N(C)CCOc2ccc(F)cc2)c1C. The molecule has 2 rings (SSSR count). The molecule has 0 saturated carbocycles. The number of carbonyl (C=O) groups is 2. The van der Waals surface area contributed by atoms with Gasteiger partial charge in [0, 0.05) is 12.7 Å². The summed E-state index contributed by atoms with van der Waals surface area (Å²) in [4.78, 5) is 28.8. The van der Waals surface area contributed by atoms with Crippen LogP contribution in [0, 0.1) is 19.7 Å². The summed E-state index contributed by atoms with van der Waals surface area (Å²) in [5.74, 6) is -0.535. The van der Waals surface area contributed by atoms with Crippen molar-refractivity contribution < 1.29 is 23.5 Å². The topological polar surface area (TPSA) is 71.6 Å². The number of nitrogens with zero attached hydrogens (tertiary/aromatic N) is 1. The van der Waals surface area contributed by atoms with Crippen molar-refractivity contribution in [2.45, 2.75) is 13.8 Å². The lowest BCUT2D eigenvalue weighted by Gasteiger charge is -2.17. The van der Waals surface area contributed by atoms with Crippen LogP contribution >= 0.6 is 0 Å². The molecule has 2 aromatic rings. The molecule has 0 aliphatic heterocycles. The van der Waals surface area contributed by atoms with Gasteiger partial charge >= 0.3 is 5.97 Å². The summed E-state index contributed by atoms with van der Waals surface area (Å²) in [6.07, 6.45) is 0. The number of nitrogens with one attached hydrogen (secondary N) is 1. The monoisotopic (exact) mass is 348 g/mol. The van der Waals surface area contributed by atoms with Gasteiger partial charge < -0.3 is 19.4 Å². The number of aromatic amines is 1. The molecule has 7 heteroatoms. The predicted octanol–water partition coefficient (Wildman–Crippen LogP) is 2.71. The van der Waals surface area contributed by atoms with Crippen LogP contribution in [0.3, 0.4) is 0 Å². The number of rotatable bonds is 6. The Bertz CT molecular complexity index is 768. The van der Waals surface area contributed by atoms with E-state index in [-0.39, 0.29) is 18.3 Å². The summed E-state index contributed by atoms with van der Waals surface area (Å²) in [7, 11) is 2.94. The van der Waals surface area contributed by atoms with Crippen molar-refractivity contribution in [2.75, 3.05) is 27.3 Å². The minimum atomic E-state index is -0.479. The van der Waals surface area contributed by atoms with E-state index >= 15 is 0 Å². The molecule has 6 nitrogen and oxygen atoms in total. The molecular weight excluding hydrogens is 327 g/mol. The Kier molecular flexibility index (Phi) is 5.80. The van der Waals surface area contributed by atoms with E-state index in [0.29, 0.717) is 34.8 Å². The van der Waals surface area contributed by atoms with E-state index in [0.717, 1.165) is 0 Å². The average molecular weight is 348 g/mol. The molecule has 1 heterocycles. The fraction of sp³-hybridized carbons (Fsp3) is 0.333. The number of methoxy groups -OCH3 is 1. The Hall–Kier alpha value is -2.83. The van der Waals surface area contributed by atoms with Gasteiger partial charge in [-0.2, -0.15) is 0 Å². The Labute approximate surface area is 145 Å². The number of amides is 1. The standard InChI is InChI=1S/C18H21FN2O4/c1-11-15(18(23)24-4)12(2)20-16(11)17(22)21(3)9-10-25-14-7-5-13(19)6-8-14/h5-8,20H,9-10H2,1-4H3. The summed E-state index contributed by atoms with van der Waals surface area (Å²) >= 11 is 0. The zero-order valence-electron chi connectivity index (χ0n) is 14.7. The van der Waals surface area contributed by atoms with E-state index in [1.54, 1.807) is 20.9 Å². The van der Waals surface area contributed by atoms with E-state index in [4.69, 9.17) is 9.47 Å².